The number of likely N-dealkylation sites (tertiary alicyclic amines) is 1. The van der Waals surface area contributed by atoms with Gasteiger partial charge in [0.1, 0.15) is 5.60 Å². The van der Waals surface area contributed by atoms with E-state index in [2.05, 4.69) is 10.4 Å². The largest absolute Gasteiger partial charge is 0.478 e. The normalized spacial score (nSPS) is 17.3. The average molecular weight is 432 g/mol. The highest BCUT2D eigenvalue weighted by Crippen LogP contribution is 2.24. The van der Waals surface area contributed by atoms with Gasteiger partial charge in [0.15, 0.2) is 23.5 Å². The van der Waals surface area contributed by atoms with Gasteiger partial charge in [-0.05, 0) is 45.7 Å². The number of nitrogens with one attached hydrogen (secondary N) is 1. The van der Waals surface area contributed by atoms with Gasteiger partial charge in [-0.1, -0.05) is 19.1 Å². The molecule has 2 aromatic rings. The maximum absolute atomic E-state index is 13.8. The number of nitrogens with zero attached hydrogens (tertiary/aromatic N) is 3. The molecule has 0 aliphatic carbocycles. The van der Waals surface area contributed by atoms with Gasteiger partial charge in [0.25, 0.3) is 5.91 Å². The van der Waals surface area contributed by atoms with Crippen LogP contribution in [0.3, 0.4) is 0 Å². The molecule has 1 aliphatic rings. The Morgan fingerprint density at radius 2 is 2.03 bits per heavy atom. The Bertz CT molecular complexity index is 924. The van der Waals surface area contributed by atoms with Crippen molar-refractivity contribution in [1.82, 2.24) is 14.7 Å². The van der Waals surface area contributed by atoms with Crippen LogP contribution in [0.4, 0.5) is 15.0 Å². The van der Waals surface area contributed by atoms with Crippen LogP contribution in [-0.4, -0.2) is 51.5 Å². The standard InChI is InChI=1S/C22H29FN4O4/c1-5-17(30-18-9-7-6-8-16(18)23)20(28)24-19-11-13-27(25-19)15-10-12-26(14-15)21(29)31-22(2,3)4/h6-9,11,13,15,17H,5,10,12,14H2,1-4H3,(H,24,25,28)/t15-,17-/m1/s1. The molecule has 9 heteroatoms. The molecule has 3 rings (SSSR count). The second-order valence-electron chi connectivity index (χ2n) is 8.48. The van der Waals surface area contributed by atoms with Crippen LogP contribution in [0.2, 0.25) is 0 Å². The number of benzene rings is 1. The average Bonchev–Trinajstić information content (AvgIpc) is 3.35. The number of hydrogen-bond acceptors (Lipinski definition) is 5. The molecule has 0 saturated carbocycles. The maximum atomic E-state index is 13.8. The molecule has 1 aromatic heterocycles. The maximum Gasteiger partial charge on any atom is 0.410 e. The summed E-state index contributed by atoms with van der Waals surface area (Å²) in [4.78, 5) is 26.5. The Kier molecular flexibility index (Phi) is 6.82. The molecule has 2 atom stereocenters. The zero-order valence-corrected chi connectivity index (χ0v) is 18.3. The molecule has 1 saturated heterocycles. The van der Waals surface area contributed by atoms with Crippen molar-refractivity contribution in [2.75, 3.05) is 18.4 Å². The van der Waals surface area contributed by atoms with Crippen molar-refractivity contribution in [3.05, 3.63) is 42.3 Å². The van der Waals surface area contributed by atoms with E-state index in [1.165, 1.54) is 12.1 Å². The third kappa shape index (κ3) is 5.96. The first-order valence-corrected chi connectivity index (χ1v) is 10.4. The summed E-state index contributed by atoms with van der Waals surface area (Å²) in [5.74, 6) is -0.522. The molecule has 1 N–H and O–H groups in total. The van der Waals surface area contributed by atoms with E-state index in [1.54, 1.807) is 40.9 Å². The molecular formula is C22H29FN4O4. The first-order valence-electron chi connectivity index (χ1n) is 10.4. The number of halogens is 1. The lowest BCUT2D eigenvalue weighted by Crippen LogP contribution is -2.35. The Labute approximate surface area is 181 Å². The van der Waals surface area contributed by atoms with Crippen LogP contribution in [0.1, 0.15) is 46.6 Å². The number of para-hydroxylation sites is 1. The Morgan fingerprint density at radius 1 is 1.29 bits per heavy atom. The summed E-state index contributed by atoms with van der Waals surface area (Å²) in [5, 5.41) is 7.14. The Morgan fingerprint density at radius 3 is 2.71 bits per heavy atom. The number of amides is 2. The molecule has 1 fully saturated rings. The van der Waals surface area contributed by atoms with E-state index in [0.717, 1.165) is 6.42 Å². The van der Waals surface area contributed by atoms with Gasteiger partial charge in [-0.25, -0.2) is 9.18 Å². The summed E-state index contributed by atoms with van der Waals surface area (Å²) in [5.41, 5.74) is -0.543. The number of aromatic nitrogens is 2. The van der Waals surface area contributed by atoms with Gasteiger partial charge < -0.3 is 19.7 Å². The molecule has 2 heterocycles. The lowest BCUT2D eigenvalue weighted by Gasteiger charge is -2.24. The quantitative estimate of drug-likeness (QED) is 0.746. The Balaban J connectivity index is 1.57. The first kappa shape index (κ1) is 22.6. The number of rotatable bonds is 6. The van der Waals surface area contributed by atoms with E-state index < -0.39 is 23.4 Å². The third-order valence-electron chi connectivity index (χ3n) is 4.82. The number of anilines is 1. The second kappa shape index (κ2) is 9.36. The summed E-state index contributed by atoms with van der Waals surface area (Å²) in [7, 11) is 0. The Hall–Kier alpha value is -3.10. The number of hydrogen-bond donors (Lipinski definition) is 1. The van der Waals surface area contributed by atoms with E-state index in [0.29, 0.717) is 25.3 Å². The van der Waals surface area contributed by atoms with Crippen LogP contribution < -0.4 is 10.1 Å². The van der Waals surface area contributed by atoms with E-state index in [-0.39, 0.29) is 17.9 Å². The zero-order valence-electron chi connectivity index (χ0n) is 18.3. The molecule has 1 aliphatic heterocycles. The molecule has 0 bridgehead atoms. The van der Waals surface area contributed by atoms with Gasteiger partial charge in [-0.2, -0.15) is 5.10 Å². The third-order valence-corrected chi connectivity index (χ3v) is 4.82. The summed E-state index contributed by atoms with van der Waals surface area (Å²) in [6.07, 6.45) is 1.68. The summed E-state index contributed by atoms with van der Waals surface area (Å²) in [6.45, 7) is 8.35. The van der Waals surface area contributed by atoms with Crippen molar-refractivity contribution < 1.29 is 23.5 Å². The zero-order chi connectivity index (χ0) is 22.6. The molecule has 8 nitrogen and oxygen atoms in total. The van der Waals surface area contributed by atoms with Crippen LogP contribution in [0.25, 0.3) is 0 Å². The topological polar surface area (TPSA) is 85.7 Å². The van der Waals surface area contributed by atoms with Crippen molar-refractivity contribution in [1.29, 1.82) is 0 Å². The van der Waals surface area contributed by atoms with E-state index >= 15 is 0 Å². The van der Waals surface area contributed by atoms with Crippen LogP contribution >= 0.6 is 0 Å². The molecule has 168 valence electrons. The molecule has 1 aromatic carbocycles. The van der Waals surface area contributed by atoms with Crippen LogP contribution in [0, 0.1) is 5.82 Å². The number of ether oxygens (including phenoxy) is 2. The fraction of sp³-hybridized carbons (Fsp3) is 0.500. The van der Waals surface area contributed by atoms with E-state index in [9.17, 15) is 14.0 Å². The molecule has 0 spiro atoms. The van der Waals surface area contributed by atoms with Crippen LogP contribution in [0.15, 0.2) is 36.5 Å². The monoisotopic (exact) mass is 432 g/mol. The van der Waals surface area contributed by atoms with Crippen LogP contribution in [-0.2, 0) is 9.53 Å². The molecular weight excluding hydrogens is 403 g/mol. The van der Waals surface area contributed by atoms with E-state index in [1.807, 2.05) is 20.8 Å². The van der Waals surface area contributed by atoms with Gasteiger partial charge >= 0.3 is 6.09 Å². The molecule has 2 amide bonds. The minimum atomic E-state index is -0.851. The summed E-state index contributed by atoms with van der Waals surface area (Å²) >= 11 is 0. The lowest BCUT2D eigenvalue weighted by atomic mass is 10.2. The highest BCUT2D eigenvalue weighted by atomic mass is 19.1. The van der Waals surface area contributed by atoms with Gasteiger partial charge in [0.2, 0.25) is 0 Å². The predicted octanol–water partition coefficient (Wildman–Crippen LogP) is 4.00. The first-order chi connectivity index (χ1) is 14.7. The summed E-state index contributed by atoms with van der Waals surface area (Å²) < 4.78 is 26.5. The van der Waals surface area contributed by atoms with Gasteiger partial charge in [-0.3, -0.25) is 9.48 Å². The molecule has 0 unspecified atom stereocenters. The SMILES string of the molecule is CC[C@@H](Oc1ccccc1F)C(=O)Nc1ccn([C@@H]2CCN(C(=O)OC(C)(C)C)C2)n1. The fourth-order valence-electron chi connectivity index (χ4n) is 3.28. The van der Waals surface area contributed by atoms with Gasteiger partial charge in [-0.15, -0.1) is 0 Å². The van der Waals surface area contributed by atoms with Crippen LogP contribution in [0.5, 0.6) is 5.75 Å². The second-order valence-corrected chi connectivity index (χ2v) is 8.48. The predicted molar refractivity (Wildman–Crippen MR) is 113 cm³/mol. The van der Waals surface area contributed by atoms with Crippen molar-refractivity contribution in [2.24, 2.45) is 0 Å². The number of carbonyl (C=O) groups is 2. The van der Waals surface area contributed by atoms with Gasteiger partial charge in [0, 0.05) is 25.4 Å². The van der Waals surface area contributed by atoms with Crippen molar-refractivity contribution >= 4 is 17.8 Å². The van der Waals surface area contributed by atoms with Crippen molar-refractivity contribution in [2.45, 2.75) is 58.3 Å². The highest BCUT2D eigenvalue weighted by molar-refractivity contribution is 5.93. The van der Waals surface area contributed by atoms with Gasteiger partial charge in [0.05, 0.1) is 6.04 Å². The smallest absolute Gasteiger partial charge is 0.410 e. The minimum Gasteiger partial charge on any atom is -0.478 e. The van der Waals surface area contributed by atoms with E-state index in [4.69, 9.17) is 9.47 Å². The fourth-order valence-corrected chi connectivity index (χ4v) is 3.28. The van der Waals surface area contributed by atoms with Crippen molar-refractivity contribution in [3.63, 3.8) is 0 Å². The molecule has 0 radical (unpaired) electrons. The lowest BCUT2D eigenvalue weighted by molar-refractivity contribution is -0.122. The minimum absolute atomic E-state index is 0.00481. The summed E-state index contributed by atoms with van der Waals surface area (Å²) in [6, 6.07) is 7.65. The van der Waals surface area contributed by atoms with Crippen molar-refractivity contribution in [3.8, 4) is 5.75 Å². The molecule has 31 heavy (non-hydrogen) atoms. The highest BCUT2D eigenvalue weighted by Gasteiger charge is 2.31. The number of carbonyl (C=O) groups excluding carboxylic acids is 2.